The van der Waals surface area contributed by atoms with Gasteiger partial charge in [0.15, 0.2) is 0 Å². The molecule has 0 bridgehead atoms. The monoisotopic (exact) mass is 395 g/mol. The molecule has 4 rings (SSSR count). The van der Waals surface area contributed by atoms with Gasteiger partial charge in [0.1, 0.15) is 5.75 Å². The minimum absolute atomic E-state index is 0.492. The Morgan fingerprint density at radius 2 is 1.38 bits per heavy atom. The first-order valence-corrected chi connectivity index (χ1v) is 10.5. The Hall–Kier alpha value is -2.90. The maximum Gasteiger partial charge on any atom is 0.250 e. The summed E-state index contributed by atoms with van der Waals surface area (Å²) in [5.41, 5.74) is 3.98. The molecule has 8 nitrogen and oxygen atoms in total. The third-order valence-electron chi connectivity index (χ3n) is 5.38. The third-order valence-corrected chi connectivity index (χ3v) is 5.38. The molecular weight excluding hydrogens is 366 g/mol. The Kier molecular flexibility index (Phi) is 6.38. The van der Waals surface area contributed by atoms with Gasteiger partial charge in [0.05, 0.1) is 13.3 Å². The molecular formula is C21H29N7O. The SMILES string of the molecule is COc1ccc(/C=N/Nc2nc(N3CCCCC3)nc(N3CCCCC3)n2)cc1. The number of aromatic nitrogens is 3. The zero-order valence-corrected chi connectivity index (χ0v) is 17.0. The molecule has 8 heteroatoms. The molecule has 0 spiro atoms. The van der Waals surface area contributed by atoms with Crippen molar-refractivity contribution in [2.75, 3.05) is 48.5 Å². The highest BCUT2D eigenvalue weighted by Crippen LogP contribution is 2.22. The van der Waals surface area contributed by atoms with E-state index in [0.717, 1.165) is 49.4 Å². The van der Waals surface area contributed by atoms with Gasteiger partial charge in [0.2, 0.25) is 17.8 Å². The van der Waals surface area contributed by atoms with Crippen molar-refractivity contribution >= 4 is 24.1 Å². The number of piperidine rings is 2. The van der Waals surface area contributed by atoms with Gasteiger partial charge in [-0.05, 0) is 68.4 Å². The van der Waals surface area contributed by atoms with Gasteiger partial charge in [-0.2, -0.15) is 20.1 Å². The largest absolute Gasteiger partial charge is 0.497 e. The topological polar surface area (TPSA) is 78.8 Å². The van der Waals surface area contributed by atoms with E-state index >= 15 is 0 Å². The molecule has 2 fully saturated rings. The predicted molar refractivity (Wildman–Crippen MR) is 116 cm³/mol. The fourth-order valence-corrected chi connectivity index (χ4v) is 3.73. The van der Waals surface area contributed by atoms with Crippen LogP contribution in [-0.4, -0.2) is 54.5 Å². The third kappa shape index (κ3) is 5.13. The maximum absolute atomic E-state index is 5.19. The molecule has 154 valence electrons. The lowest BCUT2D eigenvalue weighted by Crippen LogP contribution is -2.34. The first kappa shape index (κ1) is 19.4. The summed E-state index contributed by atoms with van der Waals surface area (Å²) in [5.74, 6) is 2.82. The molecule has 2 aliphatic heterocycles. The summed E-state index contributed by atoms with van der Waals surface area (Å²) in [6.45, 7) is 3.99. The smallest absolute Gasteiger partial charge is 0.250 e. The van der Waals surface area contributed by atoms with Gasteiger partial charge in [-0.15, -0.1) is 0 Å². The lowest BCUT2D eigenvalue weighted by molar-refractivity contribution is 0.415. The van der Waals surface area contributed by atoms with Crippen LogP contribution in [0.4, 0.5) is 17.8 Å². The van der Waals surface area contributed by atoms with Gasteiger partial charge in [-0.1, -0.05) is 0 Å². The molecule has 0 aliphatic carbocycles. The molecule has 29 heavy (non-hydrogen) atoms. The number of hydrazone groups is 1. The van der Waals surface area contributed by atoms with Gasteiger partial charge in [-0.25, -0.2) is 5.43 Å². The Morgan fingerprint density at radius 3 is 1.90 bits per heavy atom. The second kappa shape index (κ2) is 9.54. The number of hydrogen-bond acceptors (Lipinski definition) is 8. The van der Waals surface area contributed by atoms with Crippen molar-refractivity contribution in [3.63, 3.8) is 0 Å². The van der Waals surface area contributed by atoms with Crippen molar-refractivity contribution in [2.45, 2.75) is 38.5 Å². The summed E-state index contributed by atoms with van der Waals surface area (Å²) in [5, 5.41) is 4.33. The number of nitrogens with zero attached hydrogens (tertiary/aromatic N) is 6. The average Bonchev–Trinajstić information content (AvgIpc) is 2.80. The molecule has 3 heterocycles. The van der Waals surface area contributed by atoms with Crippen LogP contribution in [0.2, 0.25) is 0 Å². The van der Waals surface area contributed by atoms with E-state index in [-0.39, 0.29) is 0 Å². The molecule has 0 radical (unpaired) electrons. The number of ether oxygens (including phenoxy) is 1. The molecule has 2 aliphatic rings. The molecule has 1 aromatic heterocycles. The van der Waals surface area contributed by atoms with Crippen LogP contribution < -0.4 is 20.0 Å². The highest BCUT2D eigenvalue weighted by molar-refractivity contribution is 5.80. The van der Waals surface area contributed by atoms with Crippen LogP contribution in [0.5, 0.6) is 5.75 Å². The number of rotatable bonds is 6. The highest BCUT2D eigenvalue weighted by Gasteiger charge is 2.20. The second-order valence-corrected chi connectivity index (χ2v) is 7.50. The van der Waals surface area contributed by atoms with Crippen LogP contribution in [0.25, 0.3) is 0 Å². The fourth-order valence-electron chi connectivity index (χ4n) is 3.73. The van der Waals surface area contributed by atoms with Crippen molar-refractivity contribution in [2.24, 2.45) is 5.10 Å². The van der Waals surface area contributed by atoms with Crippen molar-refractivity contribution in [1.82, 2.24) is 15.0 Å². The van der Waals surface area contributed by atoms with Crippen molar-refractivity contribution in [1.29, 1.82) is 0 Å². The minimum Gasteiger partial charge on any atom is -0.497 e. The summed E-state index contributed by atoms with van der Waals surface area (Å²) < 4.78 is 5.19. The van der Waals surface area contributed by atoms with Gasteiger partial charge >= 0.3 is 0 Å². The van der Waals surface area contributed by atoms with E-state index < -0.39 is 0 Å². The van der Waals surface area contributed by atoms with Crippen LogP contribution >= 0.6 is 0 Å². The minimum atomic E-state index is 0.492. The van der Waals surface area contributed by atoms with E-state index in [1.165, 1.54) is 38.5 Å². The summed E-state index contributed by atoms with van der Waals surface area (Å²) >= 11 is 0. The van der Waals surface area contributed by atoms with E-state index in [1.807, 2.05) is 24.3 Å². The molecule has 2 saturated heterocycles. The average molecular weight is 396 g/mol. The Morgan fingerprint density at radius 1 is 0.828 bits per heavy atom. The number of nitrogens with one attached hydrogen (secondary N) is 1. The zero-order valence-electron chi connectivity index (χ0n) is 17.0. The predicted octanol–water partition coefficient (Wildman–Crippen LogP) is 3.31. The van der Waals surface area contributed by atoms with Gasteiger partial charge < -0.3 is 14.5 Å². The molecule has 0 amide bonds. The standard InChI is InChI=1S/C21H29N7O/c1-29-18-10-8-17(9-11-18)16-22-26-19-23-20(27-12-4-2-5-13-27)25-21(24-19)28-14-6-3-7-15-28/h8-11,16H,2-7,12-15H2,1H3,(H,23,24,25,26)/b22-16+. The molecule has 0 unspecified atom stereocenters. The normalized spacial score (nSPS) is 17.6. The molecule has 0 atom stereocenters. The second-order valence-electron chi connectivity index (χ2n) is 7.50. The van der Waals surface area contributed by atoms with Gasteiger partial charge in [0.25, 0.3) is 0 Å². The Balaban J connectivity index is 1.52. The quantitative estimate of drug-likeness (QED) is 0.594. The zero-order chi connectivity index (χ0) is 19.9. The number of methoxy groups -OCH3 is 1. The number of benzene rings is 1. The molecule has 1 aromatic carbocycles. The first-order valence-electron chi connectivity index (χ1n) is 10.5. The molecule has 2 aromatic rings. The van der Waals surface area contributed by atoms with Crippen LogP contribution in [0.15, 0.2) is 29.4 Å². The van der Waals surface area contributed by atoms with E-state index in [2.05, 4.69) is 30.3 Å². The van der Waals surface area contributed by atoms with Crippen molar-refractivity contribution in [3.8, 4) is 5.75 Å². The lowest BCUT2D eigenvalue weighted by Gasteiger charge is -2.30. The maximum atomic E-state index is 5.19. The fraction of sp³-hybridized carbons (Fsp3) is 0.524. The first-order chi connectivity index (χ1) is 14.3. The number of hydrogen-bond donors (Lipinski definition) is 1. The Labute approximate surface area is 172 Å². The van der Waals surface area contributed by atoms with Crippen LogP contribution in [0.1, 0.15) is 44.1 Å². The van der Waals surface area contributed by atoms with Crippen molar-refractivity contribution < 1.29 is 4.74 Å². The molecule has 0 saturated carbocycles. The van der Waals surface area contributed by atoms with Crippen molar-refractivity contribution in [3.05, 3.63) is 29.8 Å². The van der Waals surface area contributed by atoms with Gasteiger partial charge in [-0.3, -0.25) is 0 Å². The summed E-state index contributed by atoms with van der Waals surface area (Å²) in [7, 11) is 1.66. The van der Waals surface area contributed by atoms with Crippen LogP contribution in [-0.2, 0) is 0 Å². The van der Waals surface area contributed by atoms with E-state index in [1.54, 1.807) is 13.3 Å². The van der Waals surface area contributed by atoms with Gasteiger partial charge in [0, 0.05) is 26.2 Å². The lowest BCUT2D eigenvalue weighted by atomic mass is 10.1. The summed E-state index contributed by atoms with van der Waals surface area (Å²) in [4.78, 5) is 18.6. The van der Waals surface area contributed by atoms with Crippen LogP contribution in [0.3, 0.4) is 0 Å². The number of anilines is 3. The summed E-state index contributed by atoms with van der Waals surface area (Å²) in [6, 6.07) is 7.73. The van der Waals surface area contributed by atoms with Crippen LogP contribution in [0, 0.1) is 0 Å². The Bertz CT molecular complexity index is 776. The highest BCUT2D eigenvalue weighted by atomic mass is 16.5. The van der Waals surface area contributed by atoms with E-state index in [4.69, 9.17) is 9.72 Å². The molecule has 1 N–H and O–H groups in total. The van der Waals surface area contributed by atoms with E-state index in [9.17, 15) is 0 Å². The summed E-state index contributed by atoms with van der Waals surface area (Å²) in [6.07, 6.45) is 9.04. The van der Waals surface area contributed by atoms with E-state index in [0.29, 0.717) is 5.95 Å².